The summed E-state index contributed by atoms with van der Waals surface area (Å²) in [6, 6.07) is 7.51. The van der Waals surface area contributed by atoms with Crippen molar-refractivity contribution in [3.8, 4) is 0 Å². The summed E-state index contributed by atoms with van der Waals surface area (Å²) in [6.07, 6.45) is 0. The van der Waals surface area contributed by atoms with Crippen LogP contribution < -0.4 is 11.3 Å². The van der Waals surface area contributed by atoms with Gasteiger partial charge in [0, 0.05) is 32.3 Å². The summed E-state index contributed by atoms with van der Waals surface area (Å²) in [4.78, 5) is 13.7. The first kappa shape index (κ1) is 16.6. The molecule has 0 spiro atoms. The molecular weight excluding hydrogens is 254 g/mol. The Morgan fingerprint density at radius 3 is 2.50 bits per heavy atom. The van der Waals surface area contributed by atoms with Crippen molar-refractivity contribution < 1.29 is 9.53 Å². The van der Waals surface area contributed by atoms with Crippen LogP contribution in [-0.4, -0.2) is 37.6 Å². The minimum atomic E-state index is -0.269. The number of hydrogen-bond donors (Lipinski definition) is 2. The van der Waals surface area contributed by atoms with Crippen LogP contribution in [0.4, 0.5) is 0 Å². The first-order valence-corrected chi connectivity index (χ1v) is 6.88. The average molecular weight is 279 g/mol. The molecule has 0 bridgehead atoms. The predicted octanol–water partition coefficient (Wildman–Crippen LogP) is 1.39. The third-order valence-electron chi connectivity index (χ3n) is 2.99. The molecule has 5 nitrogen and oxygen atoms in total. The van der Waals surface area contributed by atoms with Crippen molar-refractivity contribution >= 4 is 5.91 Å². The van der Waals surface area contributed by atoms with Crippen LogP contribution in [0, 0.1) is 5.92 Å². The van der Waals surface area contributed by atoms with Gasteiger partial charge in [-0.2, -0.15) is 0 Å². The van der Waals surface area contributed by atoms with E-state index < -0.39 is 0 Å². The molecule has 1 rings (SSSR count). The molecule has 0 saturated heterocycles. The maximum absolute atomic E-state index is 11.4. The van der Waals surface area contributed by atoms with Crippen LogP contribution in [0.1, 0.15) is 29.8 Å². The third kappa shape index (κ3) is 5.69. The predicted molar refractivity (Wildman–Crippen MR) is 80.1 cm³/mol. The molecule has 0 aliphatic carbocycles. The highest BCUT2D eigenvalue weighted by Gasteiger charge is 2.09. The summed E-state index contributed by atoms with van der Waals surface area (Å²) in [5.41, 5.74) is 3.88. The largest absolute Gasteiger partial charge is 0.383 e. The van der Waals surface area contributed by atoms with E-state index in [1.807, 2.05) is 12.1 Å². The fraction of sp³-hybridized carbons (Fsp3) is 0.533. The summed E-state index contributed by atoms with van der Waals surface area (Å²) >= 11 is 0. The lowest BCUT2D eigenvalue weighted by molar-refractivity contribution is 0.0953. The number of ether oxygens (including phenoxy) is 1. The first-order valence-electron chi connectivity index (χ1n) is 6.88. The van der Waals surface area contributed by atoms with Gasteiger partial charge in [0.05, 0.1) is 6.61 Å². The Morgan fingerprint density at radius 2 is 2.00 bits per heavy atom. The quantitative estimate of drug-likeness (QED) is 0.429. The van der Waals surface area contributed by atoms with Gasteiger partial charge in [0.15, 0.2) is 0 Å². The molecule has 5 heteroatoms. The minimum absolute atomic E-state index is 0.269. The summed E-state index contributed by atoms with van der Waals surface area (Å²) in [5.74, 6) is 5.45. The van der Waals surface area contributed by atoms with E-state index in [1.54, 1.807) is 19.2 Å². The van der Waals surface area contributed by atoms with Crippen LogP contribution in [0.5, 0.6) is 0 Å². The molecule has 0 aliphatic heterocycles. The normalized spacial score (nSPS) is 11.1. The van der Waals surface area contributed by atoms with Crippen LogP contribution >= 0.6 is 0 Å². The van der Waals surface area contributed by atoms with Crippen molar-refractivity contribution in [2.75, 3.05) is 26.8 Å². The molecular formula is C15H25N3O2. The zero-order valence-electron chi connectivity index (χ0n) is 12.6. The van der Waals surface area contributed by atoms with Crippen LogP contribution in [0.3, 0.4) is 0 Å². The molecule has 0 radical (unpaired) electrons. The maximum Gasteiger partial charge on any atom is 0.265 e. The van der Waals surface area contributed by atoms with Crippen molar-refractivity contribution in [1.82, 2.24) is 10.3 Å². The highest BCUT2D eigenvalue weighted by molar-refractivity contribution is 5.93. The smallest absolute Gasteiger partial charge is 0.265 e. The van der Waals surface area contributed by atoms with E-state index in [2.05, 4.69) is 24.2 Å². The number of nitrogens with two attached hydrogens (primary N) is 1. The van der Waals surface area contributed by atoms with Gasteiger partial charge in [-0.3, -0.25) is 15.1 Å². The lowest BCUT2D eigenvalue weighted by Crippen LogP contribution is -2.31. The zero-order valence-corrected chi connectivity index (χ0v) is 12.6. The van der Waals surface area contributed by atoms with Crippen molar-refractivity contribution in [2.45, 2.75) is 20.4 Å². The molecule has 0 atom stereocenters. The number of nitrogens with one attached hydrogen (secondary N) is 1. The highest BCUT2D eigenvalue weighted by Crippen LogP contribution is 2.09. The van der Waals surface area contributed by atoms with Gasteiger partial charge in [-0.1, -0.05) is 26.0 Å². The second-order valence-electron chi connectivity index (χ2n) is 5.29. The van der Waals surface area contributed by atoms with Crippen LogP contribution in [0.25, 0.3) is 0 Å². The Balaban J connectivity index is 2.65. The molecule has 112 valence electrons. The molecule has 3 N–H and O–H groups in total. The van der Waals surface area contributed by atoms with E-state index in [0.717, 1.165) is 26.2 Å². The van der Waals surface area contributed by atoms with E-state index in [4.69, 9.17) is 10.6 Å². The number of carbonyl (C=O) groups excluding carboxylic acids is 1. The van der Waals surface area contributed by atoms with E-state index in [1.165, 1.54) is 5.56 Å². The van der Waals surface area contributed by atoms with Crippen molar-refractivity contribution in [3.05, 3.63) is 35.4 Å². The van der Waals surface area contributed by atoms with E-state index in [9.17, 15) is 4.79 Å². The summed E-state index contributed by atoms with van der Waals surface area (Å²) in [5, 5.41) is 0. The molecule has 1 amide bonds. The van der Waals surface area contributed by atoms with Gasteiger partial charge in [0.1, 0.15) is 0 Å². The van der Waals surface area contributed by atoms with E-state index in [0.29, 0.717) is 11.5 Å². The Hall–Kier alpha value is -1.43. The standard InChI is InChI=1S/C15H25N3O2/c1-12(2)10-18(8-9-20-3)11-13-4-6-14(7-5-13)15(19)17-16/h4-7,12H,8-11,16H2,1-3H3,(H,17,19). The number of hydrogen-bond acceptors (Lipinski definition) is 4. The second-order valence-corrected chi connectivity index (χ2v) is 5.29. The SMILES string of the molecule is COCCN(Cc1ccc(C(=O)NN)cc1)CC(C)C. The Morgan fingerprint density at radius 1 is 1.35 bits per heavy atom. The number of nitrogens with zero attached hydrogens (tertiary/aromatic N) is 1. The van der Waals surface area contributed by atoms with Gasteiger partial charge in [0.2, 0.25) is 0 Å². The molecule has 0 saturated carbocycles. The average Bonchev–Trinajstić information content (AvgIpc) is 2.44. The molecule has 0 fully saturated rings. The van der Waals surface area contributed by atoms with Gasteiger partial charge in [-0.25, -0.2) is 5.84 Å². The lowest BCUT2D eigenvalue weighted by Gasteiger charge is -2.24. The van der Waals surface area contributed by atoms with Gasteiger partial charge in [0.25, 0.3) is 5.91 Å². The number of methoxy groups -OCH3 is 1. The van der Waals surface area contributed by atoms with Crippen molar-refractivity contribution in [1.29, 1.82) is 0 Å². The van der Waals surface area contributed by atoms with Crippen molar-refractivity contribution in [2.24, 2.45) is 11.8 Å². The summed E-state index contributed by atoms with van der Waals surface area (Å²) in [7, 11) is 1.72. The monoisotopic (exact) mass is 279 g/mol. The molecule has 0 aromatic heterocycles. The number of amides is 1. The molecule has 1 aromatic rings. The molecule has 0 heterocycles. The van der Waals surface area contributed by atoms with Crippen LogP contribution in [0.15, 0.2) is 24.3 Å². The third-order valence-corrected chi connectivity index (χ3v) is 2.99. The zero-order chi connectivity index (χ0) is 15.0. The number of nitrogen functional groups attached to an aromatic ring is 1. The lowest BCUT2D eigenvalue weighted by atomic mass is 10.1. The number of benzene rings is 1. The Bertz CT molecular complexity index is 404. The molecule has 0 unspecified atom stereocenters. The Labute approximate surface area is 121 Å². The maximum atomic E-state index is 11.4. The number of hydrazine groups is 1. The van der Waals surface area contributed by atoms with Crippen LogP contribution in [0.2, 0.25) is 0 Å². The second kappa shape index (κ2) is 8.68. The van der Waals surface area contributed by atoms with E-state index >= 15 is 0 Å². The summed E-state index contributed by atoms with van der Waals surface area (Å²) in [6.45, 7) is 7.91. The molecule has 0 aliphatic rings. The fourth-order valence-corrected chi connectivity index (χ4v) is 2.07. The topological polar surface area (TPSA) is 67.6 Å². The molecule has 1 aromatic carbocycles. The number of carbonyl (C=O) groups is 1. The van der Waals surface area contributed by atoms with Gasteiger partial charge in [-0.05, 0) is 23.6 Å². The van der Waals surface area contributed by atoms with Crippen molar-refractivity contribution in [3.63, 3.8) is 0 Å². The van der Waals surface area contributed by atoms with E-state index in [-0.39, 0.29) is 5.91 Å². The van der Waals surface area contributed by atoms with Gasteiger partial charge < -0.3 is 4.74 Å². The Kier molecular flexibility index (Phi) is 7.22. The van der Waals surface area contributed by atoms with Crippen LogP contribution in [-0.2, 0) is 11.3 Å². The molecule has 20 heavy (non-hydrogen) atoms. The fourth-order valence-electron chi connectivity index (χ4n) is 2.07. The summed E-state index contributed by atoms with van der Waals surface area (Å²) < 4.78 is 5.15. The van der Waals surface area contributed by atoms with Gasteiger partial charge in [-0.15, -0.1) is 0 Å². The minimum Gasteiger partial charge on any atom is -0.383 e. The number of rotatable bonds is 8. The van der Waals surface area contributed by atoms with Gasteiger partial charge >= 0.3 is 0 Å². The first-order chi connectivity index (χ1) is 9.56. The highest BCUT2D eigenvalue weighted by atomic mass is 16.5.